The van der Waals surface area contributed by atoms with Crippen LogP contribution in [0.2, 0.25) is 5.02 Å². The monoisotopic (exact) mass is 480 g/mol. The fourth-order valence-electron chi connectivity index (χ4n) is 2.28. The second-order valence-corrected chi connectivity index (χ2v) is 9.09. The van der Waals surface area contributed by atoms with Crippen LogP contribution in [0.15, 0.2) is 36.5 Å². The number of amides is 1. The van der Waals surface area contributed by atoms with Crippen molar-refractivity contribution in [1.29, 1.82) is 0 Å². The summed E-state index contributed by atoms with van der Waals surface area (Å²) in [7, 11) is -3.27. The molecule has 0 aliphatic heterocycles. The quantitative estimate of drug-likeness (QED) is 0.465. The molecule has 0 aliphatic rings. The van der Waals surface area contributed by atoms with E-state index in [9.17, 15) is 22.5 Å². The van der Waals surface area contributed by atoms with Crippen LogP contribution in [0.3, 0.4) is 0 Å². The molecule has 0 saturated heterocycles. The molecule has 0 spiro atoms. The first-order valence-corrected chi connectivity index (χ1v) is 11.4. The zero-order valence-electron chi connectivity index (χ0n) is 16.9. The number of hydrogen-bond acceptors (Lipinski definition) is 6. The Labute approximate surface area is 182 Å². The van der Waals surface area contributed by atoms with Crippen molar-refractivity contribution in [3.8, 4) is 17.4 Å². The molecule has 0 saturated carbocycles. The van der Waals surface area contributed by atoms with Gasteiger partial charge in [-0.25, -0.2) is 4.98 Å². The third kappa shape index (κ3) is 7.12. The van der Waals surface area contributed by atoms with E-state index in [2.05, 4.69) is 10.1 Å². The van der Waals surface area contributed by atoms with Gasteiger partial charge in [-0.05, 0) is 44.2 Å². The van der Waals surface area contributed by atoms with E-state index in [0.29, 0.717) is 11.9 Å². The number of rotatable bonds is 9. The Hall–Kier alpha value is -2.29. The summed E-state index contributed by atoms with van der Waals surface area (Å²) in [6.45, 7) is 4.99. The van der Waals surface area contributed by atoms with Crippen molar-refractivity contribution < 1.29 is 36.5 Å². The molecule has 12 heteroatoms. The molecule has 2 unspecified atom stereocenters. The Morgan fingerprint density at radius 2 is 1.84 bits per heavy atom. The third-order valence-corrected chi connectivity index (χ3v) is 6.23. The number of carbonyl (C=O) groups is 1. The Balaban J connectivity index is 2.01. The number of pyridine rings is 1. The highest BCUT2D eigenvalue weighted by Gasteiger charge is 2.32. The van der Waals surface area contributed by atoms with Crippen molar-refractivity contribution in [3.05, 3.63) is 47.1 Å². The third-order valence-electron chi connectivity index (χ3n) is 3.89. The summed E-state index contributed by atoms with van der Waals surface area (Å²) in [6, 6.07) is 6.62. The first-order valence-electron chi connectivity index (χ1n) is 9.20. The van der Waals surface area contributed by atoms with Gasteiger partial charge in [-0.1, -0.05) is 18.5 Å². The normalized spacial score (nSPS) is 14.4. The maximum absolute atomic E-state index is 12.7. The maximum atomic E-state index is 12.7. The maximum Gasteiger partial charge on any atom is 0.417 e. The van der Waals surface area contributed by atoms with Crippen LogP contribution in [-0.4, -0.2) is 29.8 Å². The van der Waals surface area contributed by atoms with Crippen LogP contribution in [0.1, 0.15) is 26.3 Å². The number of nitrogens with one attached hydrogen (secondary N) is 1. The summed E-state index contributed by atoms with van der Waals surface area (Å²) in [5.41, 5.74) is -0.988. The highest BCUT2D eigenvalue weighted by molar-refractivity contribution is 7.57. The SMILES string of the molecule is CCOP(=O)(CC)NC(=O)C(C)Oc1ccc(Oc2ncc(C(F)(F)F)cc2Cl)cc1. The first-order chi connectivity index (χ1) is 14.5. The molecule has 170 valence electrons. The van der Waals surface area contributed by atoms with E-state index in [1.165, 1.54) is 31.2 Å². The lowest BCUT2D eigenvalue weighted by molar-refractivity contribution is -0.137. The molecule has 0 aliphatic carbocycles. The van der Waals surface area contributed by atoms with E-state index < -0.39 is 31.3 Å². The van der Waals surface area contributed by atoms with E-state index in [4.69, 9.17) is 25.6 Å². The number of carbonyl (C=O) groups excluding carboxylic acids is 1. The van der Waals surface area contributed by atoms with Gasteiger partial charge >= 0.3 is 6.18 Å². The average Bonchev–Trinajstić information content (AvgIpc) is 2.70. The summed E-state index contributed by atoms with van der Waals surface area (Å²) in [5.74, 6) is -0.239. The fraction of sp³-hybridized carbons (Fsp3) is 0.368. The molecule has 2 rings (SSSR count). The largest absolute Gasteiger partial charge is 0.481 e. The summed E-state index contributed by atoms with van der Waals surface area (Å²) in [5, 5.41) is 2.07. The van der Waals surface area contributed by atoms with E-state index in [1.54, 1.807) is 13.8 Å². The van der Waals surface area contributed by atoms with Crippen molar-refractivity contribution in [3.63, 3.8) is 0 Å². The zero-order chi connectivity index (χ0) is 23.2. The molecule has 2 aromatic rings. The van der Waals surface area contributed by atoms with Crippen molar-refractivity contribution in [1.82, 2.24) is 10.1 Å². The zero-order valence-corrected chi connectivity index (χ0v) is 18.6. The van der Waals surface area contributed by atoms with Gasteiger partial charge in [0.25, 0.3) is 13.4 Å². The van der Waals surface area contributed by atoms with Crippen LogP contribution in [0.5, 0.6) is 17.4 Å². The molecule has 0 fully saturated rings. The molecule has 31 heavy (non-hydrogen) atoms. The molecule has 1 heterocycles. The minimum Gasteiger partial charge on any atom is -0.481 e. The van der Waals surface area contributed by atoms with Gasteiger partial charge in [0, 0.05) is 12.4 Å². The predicted octanol–water partition coefficient (Wildman–Crippen LogP) is 5.68. The molecule has 2 atom stereocenters. The van der Waals surface area contributed by atoms with Crippen molar-refractivity contribution in [2.45, 2.75) is 33.1 Å². The molecular weight excluding hydrogens is 460 g/mol. The minimum absolute atomic E-state index is 0.145. The Morgan fingerprint density at radius 1 is 1.23 bits per heavy atom. The topological polar surface area (TPSA) is 86.8 Å². The second kappa shape index (κ2) is 10.3. The summed E-state index contributed by atoms with van der Waals surface area (Å²) >= 11 is 5.82. The van der Waals surface area contributed by atoms with Crippen LogP contribution in [0.4, 0.5) is 13.2 Å². The van der Waals surface area contributed by atoms with Gasteiger partial charge in [-0.2, -0.15) is 13.2 Å². The molecule has 0 radical (unpaired) electrons. The van der Waals surface area contributed by atoms with Crippen LogP contribution >= 0.6 is 19.1 Å². The number of alkyl halides is 3. The highest BCUT2D eigenvalue weighted by atomic mass is 35.5. The van der Waals surface area contributed by atoms with Crippen molar-refractivity contribution in [2.75, 3.05) is 12.8 Å². The van der Waals surface area contributed by atoms with Crippen LogP contribution in [0, 0.1) is 0 Å². The number of aromatic nitrogens is 1. The number of ether oxygens (including phenoxy) is 2. The van der Waals surface area contributed by atoms with Crippen LogP contribution in [-0.2, 0) is 20.1 Å². The fourth-order valence-corrected chi connectivity index (χ4v) is 3.83. The number of nitrogens with zero attached hydrogens (tertiary/aromatic N) is 1. The molecular formula is C19H21ClF3N2O5P. The molecule has 0 bridgehead atoms. The van der Waals surface area contributed by atoms with E-state index in [-0.39, 0.29) is 29.4 Å². The number of hydrogen-bond donors (Lipinski definition) is 1. The highest BCUT2D eigenvalue weighted by Crippen LogP contribution is 2.41. The Morgan fingerprint density at radius 3 is 2.35 bits per heavy atom. The summed E-state index contributed by atoms with van der Waals surface area (Å²) in [4.78, 5) is 15.8. The van der Waals surface area contributed by atoms with Crippen molar-refractivity contribution >= 4 is 25.0 Å². The van der Waals surface area contributed by atoms with E-state index >= 15 is 0 Å². The Bertz CT molecular complexity index is 957. The molecule has 1 N–H and O–H groups in total. The predicted molar refractivity (Wildman–Crippen MR) is 109 cm³/mol. The lowest BCUT2D eigenvalue weighted by Gasteiger charge is -2.20. The lowest BCUT2D eigenvalue weighted by atomic mass is 10.3. The van der Waals surface area contributed by atoms with Gasteiger partial charge in [0.1, 0.15) is 16.5 Å². The lowest BCUT2D eigenvalue weighted by Crippen LogP contribution is -2.35. The summed E-state index contributed by atoms with van der Waals surface area (Å²) in [6.07, 6.45) is -4.76. The van der Waals surface area contributed by atoms with Gasteiger partial charge in [0.2, 0.25) is 5.88 Å². The van der Waals surface area contributed by atoms with Gasteiger partial charge in [0.15, 0.2) is 6.10 Å². The van der Waals surface area contributed by atoms with Gasteiger partial charge in [-0.3, -0.25) is 14.4 Å². The summed E-state index contributed by atoms with van der Waals surface area (Å²) < 4.78 is 66.4. The molecule has 1 aromatic carbocycles. The first kappa shape index (κ1) is 25.0. The van der Waals surface area contributed by atoms with Crippen LogP contribution < -0.4 is 14.6 Å². The minimum atomic E-state index is -4.56. The standard InChI is InChI=1S/C19H21ClF3N2O5P/c1-4-28-31(27,5-2)25-17(26)12(3)29-14-6-8-15(9-7-14)30-18-16(20)10-13(11-24-18)19(21,22)23/h6-12H,4-5H2,1-3H3,(H,25,26,27). The molecule has 7 nitrogen and oxygen atoms in total. The molecule has 1 aromatic heterocycles. The van der Waals surface area contributed by atoms with Crippen LogP contribution in [0.25, 0.3) is 0 Å². The van der Waals surface area contributed by atoms with Gasteiger partial charge in [0.05, 0.1) is 12.2 Å². The van der Waals surface area contributed by atoms with E-state index in [1.807, 2.05) is 0 Å². The van der Waals surface area contributed by atoms with E-state index in [0.717, 1.165) is 6.07 Å². The Kier molecular flexibility index (Phi) is 8.34. The van der Waals surface area contributed by atoms with Crippen molar-refractivity contribution in [2.24, 2.45) is 0 Å². The smallest absolute Gasteiger partial charge is 0.417 e. The number of halogens is 4. The molecule has 1 amide bonds. The second-order valence-electron chi connectivity index (χ2n) is 6.23. The van der Waals surface area contributed by atoms with Gasteiger partial charge < -0.3 is 14.0 Å². The average molecular weight is 481 g/mol. The number of benzene rings is 1. The van der Waals surface area contributed by atoms with Gasteiger partial charge in [-0.15, -0.1) is 0 Å².